The summed E-state index contributed by atoms with van der Waals surface area (Å²) in [6.45, 7) is 2.02. The van der Waals surface area contributed by atoms with E-state index in [0.717, 1.165) is 17.2 Å². The molecule has 1 aromatic heterocycles. The maximum atomic E-state index is 5.72. The van der Waals surface area contributed by atoms with Crippen molar-refractivity contribution in [3.63, 3.8) is 0 Å². The number of aromatic nitrogens is 1. The summed E-state index contributed by atoms with van der Waals surface area (Å²) in [5, 5.41) is 3.10. The van der Waals surface area contributed by atoms with Gasteiger partial charge < -0.3 is 9.73 Å². The lowest BCUT2D eigenvalue weighted by Crippen LogP contribution is -2.12. The largest absolute Gasteiger partial charge is 0.439 e. The minimum atomic E-state index is 0.134. The fourth-order valence-electron chi connectivity index (χ4n) is 1.40. The van der Waals surface area contributed by atoms with Crippen LogP contribution in [0.15, 0.2) is 34.9 Å². The van der Waals surface area contributed by atoms with Gasteiger partial charge in [0.15, 0.2) is 5.76 Å². The third-order valence-electron chi connectivity index (χ3n) is 2.47. The molecule has 0 radical (unpaired) electrons. The van der Waals surface area contributed by atoms with Crippen LogP contribution in [0.5, 0.6) is 0 Å². The summed E-state index contributed by atoms with van der Waals surface area (Å²) in [4.78, 5) is 4.27. The Morgan fingerprint density at radius 2 is 2.12 bits per heavy atom. The Morgan fingerprint density at radius 3 is 2.81 bits per heavy atom. The van der Waals surface area contributed by atoms with E-state index < -0.39 is 0 Å². The molecule has 0 saturated carbocycles. The Morgan fingerprint density at radius 1 is 1.38 bits per heavy atom. The zero-order valence-electron chi connectivity index (χ0n) is 9.20. The van der Waals surface area contributed by atoms with Crippen LogP contribution in [-0.2, 0) is 0 Å². The standard InChI is InChI=1S/C12H13IN2O/c1-8(14-2)12-15-7-11(16-12)9-5-3-4-6-10(9)13/h3-8,14H,1-2H3. The molecule has 2 aromatic rings. The van der Waals surface area contributed by atoms with Crippen molar-refractivity contribution in [3.8, 4) is 11.3 Å². The third-order valence-corrected chi connectivity index (χ3v) is 3.41. The van der Waals surface area contributed by atoms with E-state index in [1.54, 1.807) is 6.20 Å². The number of hydrogen-bond acceptors (Lipinski definition) is 3. The number of benzene rings is 1. The van der Waals surface area contributed by atoms with E-state index in [1.165, 1.54) is 3.57 Å². The Kier molecular flexibility index (Phi) is 3.60. The van der Waals surface area contributed by atoms with Gasteiger partial charge in [-0.15, -0.1) is 0 Å². The molecule has 0 bridgehead atoms. The van der Waals surface area contributed by atoms with Crippen molar-refractivity contribution >= 4 is 22.6 Å². The first-order valence-corrected chi connectivity index (χ1v) is 6.18. The van der Waals surface area contributed by atoms with E-state index >= 15 is 0 Å². The van der Waals surface area contributed by atoms with E-state index in [2.05, 4.69) is 39.0 Å². The zero-order valence-corrected chi connectivity index (χ0v) is 11.4. The zero-order chi connectivity index (χ0) is 11.5. The minimum Gasteiger partial charge on any atom is -0.439 e. The highest BCUT2D eigenvalue weighted by atomic mass is 127. The van der Waals surface area contributed by atoms with Crippen molar-refractivity contribution in [2.45, 2.75) is 13.0 Å². The highest BCUT2D eigenvalue weighted by Gasteiger charge is 2.12. The van der Waals surface area contributed by atoms with Gasteiger partial charge in [0.25, 0.3) is 0 Å². The molecule has 4 heteroatoms. The van der Waals surface area contributed by atoms with Crippen LogP contribution < -0.4 is 5.32 Å². The summed E-state index contributed by atoms with van der Waals surface area (Å²) in [7, 11) is 1.89. The van der Waals surface area contributed by atoms with Crippen molar-refractivity contribution in [3.05, 3.63) is 39.9 Å². The van der Waals surface area contributed by atoms with Crippen LogP contribution in [-0.4, -0.2) is 12.0 Å². The lowest BCUT2D eigenvalue weighted by Gasteiger charge is -2.04. The predicted octanol–water partition coefficient (Wildman–Crippen LogP) is 3.23. The van der Waals surface area contributed by atoms with Gasteiger partial charge in [-0.1, -0.05) is 18.2 Å². The lowest BCUT2D eigenvalue weighted by molar-refractivity contribution is 0.441. The topological polar surface area (TPSA) is 38.1 Å². The first-order chi connectivity index (χ1) is 7.72. The molecule has 0 fully saturated rings. The van der Waals surface area contributed by atoms with Crippen LogP contribution >= 0.6 is 22.6 Å². The molecule has 16 heavy (non-hydrogen) atoms. The van der Waals surface area contributed by atoms with E-state index in [4.69, 9.17) is 4.42 Å². The monoisotopic (exact) mass is 328 g/mol. The summed E-state index contributed by atoms with van der Waals surface area (Å²) < 4.78 is 6.89. The highest BCUT2D eigenvalue weighted by Crippen LogP contribution is 2.26. The number of halogens is 1. The van der Waals surface area contributed by atoms with E-state index in [9.17, 15) is 0 Å². The molecule has 1 atom stereocenters. The second kappa shape index (κ2) is 4.97. The second-order valence-corrected chi connectivity index (χ2v) is 4.72. The maximum Gasteiger partial charge on any atom is 0.211 e. The normalized spacial score (nSPS) is 12.7. The average molecular weight is 328 g/mol. The Bertz CT molecular complexity index is 481. The molecule has 0 aliphatic carbocycles. The number of nitrogens with zero attached hydrogens (tertiary/aromatic N) is 1. The van der Waals surface area contributed by atoms with Crippen molar-refractivity contribution in [2.24, 2.45) is 0 Å². The summed E-state index contributed by atoms with van der Waals surface area (Å²) in [6, 6.07) is 8.24. The quantitative estimate of drug-likeness (QED) is 0.879. The molecule has 3 nitrogen and oxygen atoms in total. The highest BCUT2D eigenvalue weighted by molar-refractivity contribution is 14.1. The van der Waals surface area contributed by atoms with Gasteiger partial charge in [-0.25, -0.2) is 4.98 Å². The first kappa shape index (κ1) is 11.6. The molecule has 84 valence electrons. The Labute approximate surface area is 108 Å². The van der Waals surface area contributed by atoms with Crippen molar-refractivity contribution in [1.82, 2.24) is 10.3 Å². The summed E-state index contributed by atoms with van der Waals surface area (Å²) in [5.41, 5.74) is 1.09. The Hall–Kier alpha value is -0.880. The fraction of sp³-hybridized carbons (Fsp3) is 0.250. The molecule has 0 amide bonds. The van der Waals surface area contributed by atoms with Crippen LogP contribution in [0.1, 0.15) is 18.9 Å². The second-order valence-electron chi connectivity index (χ2n) is 3.55. The Balaban J connectivity index is 2.35. The fourth-order valence-corrected chi connectivity index (χ4v) is 2.05. The molecule has 1 aromatic carbocycles. The summed E-state index contributed by atoms with van der Waals surface area (Å²) in [5.74, 6) is 1.54. The number of nitrogens with one attached hydrogen (secondary N) is 1. The first-order valence-electron chi connectivity index (χ1n) is 5.10. The molecule has 1 N–H and O–H groups in total. The molecule has 1 unspecified atom stereocenters. The van der Waals surface area contributed by atoms with Gasteiger partial charge in [0.2, 0.25) is 5.89 Å². The van der Waals surface area contributed by atoms with Crippen LogP contribution in [0, 0.1) is 3.57 Å². The van der Waals surface area contributed by atoms with Gasteiger partial charge in [0.05, 0.1) is 12.2 Å². The molecule has 0 aliphatic heterocycles. The number of oxazole rings is 1. The van der Waals surface area contributed by atoms with Crippen LogP contribution in [0.3, 0.4) is 0 Å². The van der Waals surface area contributed by atoms with Gasteiger partial charge in [0.1, 0.15) is 0 Å². The number of hydrogen-bond donors (Lipinski definition) is 1. The SMILES string of the molecule is CNC(C)c1ncc(-c2ccccc2I)o1. The van der Waals surface area contributed by atoms with Crippen LogP contribution in [0.2, 0.25) is 0 Å². The van der Waals surface area contributed by atoms with Gasteiger partial charge in [0, 0.05) is 9.13 Å². The lowest BCUT2D eigenvalue weighted by atomic mass is 10.2. The van der Waals surface area contributed by atoms with Gasteiger partial charge in [-0.05, 0) is 42.6 Å². The minimum absolute atomic E-state index is 0.134. The smallest absolute Gasteiger partial charge is 0.211 e. The molecule has 0 spiro atoms. The molecular weight excluding hydrogens is 315 g/mol. The molecule has 1 heterocycles. The van der Waals surface area contributed by atoms with E-state index in [-0.39, 0.29) is 6.04 Å². The van der Waals surface area contributed by atoms with E-state index in [0.29, 0.717) is 0 Å². The molecule has 0 aliphatic rings. The predicted molar refractivity (Wildman–Crippen MR) is 72.1 cm³/mol. The number of rotatable bonds is 3. The van der Waals surface area contributed by atoms with Gasteiger partial charge in [-0.2, -0.15) is 0 Å². The van der Waals surface area contributed by atoms with Gasteiger partial charge >= 0.3 is 0 Å². The van der Waals surface area contributed by atoms with Crippen molar-refractivity contribution < 1.29 is 4.42 Å². The van der Waals surface area contributed by atoms with Crippen LogP contribution in [0.25, 0.3) is 11.3 Å². The summed E-state index contributed by atoms with van der Waals surface area (Å²) >= 11 is 2.30. The molecule has 2 rings (SSSR count). The average Bonchev–Trinajstić information content (AvgIpc) is 2.78. The van der Waals surface area contributed by atoms with Crippen molar-refractivity contribution in [2.75, 3.05) is 7.05 Å². The van der Waals surface area contributed by atoms with Crippen molar-refractivity contribution in [1.29, 1.82) is 0 Å². The molecule has 0 saturated heterocycles. The van der Waals surface area contributed by atoms with E-state index in [1.807, 2.05) is 32.2 Å². The third kappa shape index (κ3) is 2.27. The molecular formula is C12H13IN2O. The van der Waals surface area contributed by atoms with Gasteiger partial charge in [-0.3, -0.25) is 0 Å². The maximum absolute atomic E-state index is 5.72. The van der Waals surface area contributed by atoms with Crippen LogP contribution in [0.4, 0.5) is 0 Å². The summed E-state index contributed by atoms with van der Waals surface area (Å²) in [6.07, 6.45) is 1.78.